The quantitative estimate of drug-likeness (QED) is 0.787. The Morgan fingerprint density at radius 2 is 2.33 bits per heavy atom. The maximum Gasteiger partial charge on any atom is 0.332 e. The summed E-state index contributed by atoms with van der Waals surface area (Å²) in [6, 6.07) is 1.60. The van der Waals surface area contributed by atoms with Gasteiger partial charge in [-0.1, -0.05) is 0 Å². The van der Waals surface area contributed by atoms with Gasteiger partial charge >= 0.3 is 5.97 Å². The first-order chi connectivity index (χ1) is 7.00. The monoisotopic (exact) mass is 276 g/mol. The van der Waals surface area contributed by atoms with Crippen molar-refractivity contribution in [2.75, 3.05) is 6.61 Å². The number of hydrogen-bond acceptors (Lipinski definition) is 3. The van der Waals surface area contributed by atoms with Crippen molar-refractivity contribution >= 4 is 27.8 Å². The van der Waals surface area contributed by atoms with Crippen molar-refractivity contribution in [2.45, 2.75) is 0 Å². The van der Waals surface area contributed by atoms with Crippen molar-refractivity contribution in [3.8, 4) is 0 Å². The van der Waals surface area contributed by atoms with Crippen LogP contribution >= 0.6 is 15.9 Å². The molecule has 0 fully saturated rings. The number of nitrogens with one attached hydrogen (secondary N) is 1. The molecule has 0 spiro atoms. The number of carboxylic acid groups (broad SMARTS) is 1. The molecule has 0 aliphatic heterocycles. The maximum atomic E-state index is 11.4. The Balaban J connectivity index is 2.54. The van der Waals surface area contributed by atoms with E-state index in [1.165, 1.54) is 0 Å². The van der Waals surface area contributed by atoms with E-state index < -0.39 is 18.5 Å². The van der Waals surface area contributed by atoms with Gasteiger partial charge in [0.05, 0.1) is 0 Å². The normalized spacial score (nSPS) is 10.0. The van der Waals surface area contributed by atoms with Crippen LogP contribution in [0, 0.1) is 0 Å². The molecule has 0 aromatic carbocycles. The lowest BCUT2D eigenvalue weighted by atomic mass is 10.4. The average Bonchev–Trinajstić information content (AvgIpc) is 2.44. The van der Waals surface area contributed by atoms with E-state index in [0.717, 1.165) is 4.47 Å². The highest BCUT2D eigenvalue weighted by Gasteiger charge is 2.11. The summed E-state index contributed by atoms with van der Waals surface area (Å²) < 4.78 is 2.34. The van der Waals surface area contributed by atoms with Crippen LogP contribution in [-0.2, 0) is 16.7 Å². The third-order valence-corrected chi connectivity index (χ3v) is 2.00. The molecule has 0 saturated carbocycles. The molecule has 82 valence electrons. The number of hydrogen-bond donors (Lipinski definition) is 2. The zero-order chi connectivity index (χ0) is 11.4. The molecular weight excluding hydrogens is 268 g/mol. The van der Waals surface area contributed by atoms with Gasteiger partial charge in [-0.15, -0.1) is 0 Å². The van der Waals surface area contributed by atoms with Crippen molar-refractivity contribution in [3.05, 3.63) is 22.4 Å². The molecule has 1 amide bonds. The molecule has 1 aromatic heterocycles. The van der Waals surface area contributed by atoms with Gasteiger partial charge in [0, 0.05) is 17.7 Å². The Morgan fingerprint density at radius 1 is 1.67 bits per heavy atom. The second-order valence-corrected chi connectivity index (χ2v) is 3.68. The lowest BCUT2D eigenvalue weighted by Crippen LogP contribution is -2.27. The van der Waals surface area contributed by atoms with Gasteiger partial charge in [-0.3, -0.25) is 9.63 Å². The highest BCUT2D eigenvalue weighted by atomic mass is 79.9. The lowest BCUT2D eigenvalue weighted by Gasteiger charge is -2.04. The topological polar surface area (TPSA) is 80.6 Å². The molecule has 6 nitrogen and oxygen atoms in total. The second-order valence-electron chi connectivity index (χ2n) is 2.77. The molecule has 0 radical (unpaired) electrons. The molecule has 1 aromatic rings. The van der Waals surface area contributed by atoms with Crippen molar-refractivity contribution in [1.29, 1.82) is 0 Å². The van der Waals surface area contributed by atoms with E-state index in [9.17, 15) is 9.59 Å². The number of amides is 1. The third kappa shape index (κ3) is 3.37. The van der Waals surface area contributed by atoms with E-state index >= 15 is 0 Å². The fraction of sp³-hybridized carbons (Fsp3) is 0.250. The molecule has 0 aliphatic carbocycles. The number of hydroxylamine groups is 1. The summed E-state index contributed by atoms with van der Waals surface area (Å²) in [5, 5.41) is 8.27. The Hall–Kier alpha value is -1.34. The van der Waals surface area contributed by atoms with E-state index in [-0.39, 0.29) is 0 Å². The first-order valence-electron chi connectivity index (χ1n) is 3.96. The van der Waals surface area contributed by atoms with Gasteiger partial charge < -0.3 is 9.67 Å². The first kappa shape index (κ1) is 11.7. The van der Waals surface area contributed by atoms with Crippen LogP contribution in [0.2, 0.25) is 0 Å². The summed E-state index contributed by atoms with van der Waals surface area (Å²) in [6.07, 6.45) is 1.70. The highest BCUT2D eigenvalue weighted by Crippen LogP contribution is 2.13. The summed E-state index contributed by atoms with van der Waals surface area (Å²) in [6.45, 7) is -0.572. The smallest absolute Gasteiger partial charge is 0.332 e. The van der Waals surface area contributed by atoms with Crippen molar-refractivity contribution in [1.82, 2.24) is 10.0 Å². The summed E-state index contributed by atoms with van der Waals surface area (Å²) in [4.78, 5) is 25.9. The average molecular weight is 277 g/mol. The van der Waals surface area contributed by atoms with Crippen LogP contribution in [0.4, 0.5) is 0 Å². The largest absolute Gasteiger partial charge is 0.479 e. The van der Waals surface area contributed by atoms with Gasteiger partial charge in [-0.25, -0.2) is 10.3 Å². The summed E-state index contributed by atoms with van der Waals surface area (Å²) >= 11 is 3.21. The van der Waals surface area contributed by atoms with Crippen molar-refractivity contribution in [2.24, 2.45) is 7.05 Å². The van der Waals surface area contributed by atoms with E-state index in [4.69, 9.17) is 5.11 Å². The van der Waals surface area contributed by atoms with Crippen LogP contribution in [0.1, 0.15) is 10.5 Å². The Kier molecular flexibility index (Phi) is 3.87. The molecule has 1 rings (SSSR count). The molecule has 7 heteroatoms. The van der Waals surface area contributed by atoms with Crippen molar-refractivity contribution < 1.29 is 19.5 Å². The van der Waals surface area contributed by atoms with E-state index in [1.807, 2.05) is 5.48 Å². The predicted octanol–water partition coefficient (Wildman–Crippen LogP) is 0.534. The van der Waals surface area contributed by atoms with Crippen LogP contribution in [-0.4, -0.2) is 28.2 Å². The van der Waals surface area contributed by atoms with E-state index in [2.05, 4.69) is 20.8 Å². The number of carbonyl (C=O) groups is 2. The number of aromatic nitrogens is 1. The fourth-order valence-corrected chi connectivity index (χ4v) is 1.49. The van der Waals surface area contributed by atoms with Gasteiger partial charge in [0.15, 0.2) is 6.61 Å². The predicted molar refractivity (Wildman–Crippen MR) is 54.2 cm³/mol. The minimum absolute atomic E-state index is 0.368. The van der Waals surface area contributed by atoms with Gasteiger partial charge in [0.2, 0.25) is 0 Å². The number of aryl methyl sites for hydroxylation is 1. The van der Waals surface area contributed by atoms with Crippen LogP contribution in [0.15, 0.2) is 16.7 Å². The zero-order valence-electron chi connectivity index (χ0n) is 7.86. The molecule has 0 bridgehead atoms. The van der Waals surface area contributed by atoms with Crippen LogP contribution in [0.25, 0.3) is 0 Å². The van der Waals surface area contributed by atoms with E-state index in [1.54, 1.807) is 23.9 Å². The lowest BCUT2D eigenvalue weighted by molar-refractivity contribution is -0.144. The Bertz CT molecular complexity index is 388. The molecule has 0 atom stereocenters. The van der Waals surface area contributed by atoms with Crippen LogP contribution < -0.4 is 5.48 Å². The molecule has 2 N–H and O–H groups in total. The van der Waals surface area contributed by atoms with E-state index in [0.29, 0.717) is 5.69 Å². The summed E-state index contributed by atoms with van der Waals surface area (Å²) in [5.74, 6) is -1.65. The molecule has 0 saturated heterocycles. The summed E-state index contributed by atoms with van der Waals surface area (Å²) in [7, 11) is 1.69. The molecule has 0 aliphatic rings. The third-order valence-electron chi connectivity index (χ3n) is 1.56. The van der Waals surface area contributed by atoms with Gasteiger partial charge in [-0.2, -0.15) is 0 Å². The second kappa shape index (κ2) is 4.94. The molecule has 1 heterocycles. The number of nitrogens with zero attached hydrogens (tertiary/aromatic N) is 1. The highest BCUT2D eigenvalue weighted by molar-refractivity contribution is 9.10. The number of rotatable bonds is 4. The van der Waals surface area contributed by atoms with Crippen LogP contribution in [0.5, 0.6) is 0 Å². The SMILES string of the molecule is Cn1cc(Br)cc1C(=O)NOCC(=O)O. The molecule has 15 heavy (non-hydrogen) atoms. The summed E-state index contributed by atoms with van der Waals surface area (Å²) in [5.41, 5.74) is 2.39. The number of carbonyl (C=O) groups excluding carboxylic acids is 1. The number of halogens is 1. The first-order valence-corrected chi connectivity index (χ1v) is 4.76. The maximum absolute atomic E-state index is 11.4. The van der Waals surface area contributed by atoms with Crippen LogP contribution in [0.3, 0.4) is 0 Å². The van der Waals surface area contributed by atoms with Crippen molar-refractivity contribution in [3.63, 3.8) is 0 Å². The molecule has 0 unspecified atom stereocenters. The minimum Gasteiger partial charge on any atom is -0.479 e. The minimum atomic E-state index is -1.15. The molecular formula is C8H9BrN2O4. The fourth-order valence-electron chi connectivity index (χ4n) is 0.966. The van der Waals surface area contributed by atoms with Gasteiger partial charge in [-0.05, 0) is 22.0 Å². The number of carboxylic acids is 1. The Morgan fingerprint density at radius 3 is 2.80 bits per heavy atom. The standard InChI is InChI=1S/C8H9BrN2O4/c1-11-3-5(9)2-6(11)8(14)10-15-4-7(12)13/h2-3H,4H2,1H3,(H,10,14)(H,12,13). The Labute approximate surface area is 93.9 Å². The van der Waals surface area contributed by atoms with Gasteiger partial charge in [0.25, 0.3) is 5.91 Å². The number of aliphatic carboxylic acids is 1. The van der Waals surface area contributed by atoms with Gasteiger partial charge in [0.1, 0.15) is 5.69 Å². The zero-order valence-corrected chi connectivity index (χ0v) is 9.44.